The third-order valence-electron chi connectivity index (χ3n) is 4.02. The summed E-state index contributed by atoms with van der Waals surface area (Å²) in [6, 6.07) is 0. The fourth-order valence-electron chi connectivity index (χ4n) is 2.65. The Bertz CT molecular complexity index is 938. The van der Waals surface area contributed by atoms with E-state index in [0.717, 1.165) is 13.0 Å². The molecule has 29 heavy (non-hydrogen) atoms. The highest BCUT2D eigenvalue weighted by Gasteiger charge is 2.24. The van der Waals surface area contributed by atoms with Crippen molar-refractivity contribution in [1.82, 2.24) is 19.7 Å². The van der Waals surface area contributed by atoms with Crippen LogP contribution in [0.5, 0.6) is 0 Å². The van der Waals surface area contributed by atoms with Crippen molar-refractivity contribution >= 4 is 45.6 Å². The molecule has 0 saturated heterocycles. The molecular weight excluding hydrogens is 414 g/mol. The second-order valence-electron chi connectivity index (χ2n) is 6.24. The number of anilines is 3. The highest BCUT2D eigenvalue weighted by molar-refractivity contribution is 8.01. The van der Waals surface area contributed by atoms with Crippen molar-refractivity contribution in [2.75, 3.05) is 34.8 Å². The minimum absolute atomic E-state index is 0.0143. The number of carbonyl (C=O) groups is 1. The van der Waals surface area contributed by atoms with Gasteiger partial charge in [0.05, 0.1) is 5.75 Å². The van der Waals surface area contributed by atoms with E-state index >= 15 is 0 Å². The number of hydrogen-bond acceptors (Lipinski definition) is 9. The standard InChI is InChI=1S/C17H27N7O3S2/c1-4-7-9-23(11(25)10-28-17-22-21-15(29-17)19-6-3)12-13(18)24(8-5-2)16(27)20-14(12)26/h4-10,18H2,1-3H3,(H,19,21)(H,20,26,27). The third-order valence-corrected chi connectivity index (χ3v) is 6.02. The predicted molar refractivity (Wildman–Crippen MR) is 118 cm³/mol. The van der Waals surface area contributed by atoms with Gasteiger partial charge in [-0.2, -0.15) is 0 Å². The molecule has 0 fully saturated rings. The van der Waals surface area contributed by atoms with Crippen LogP contribution in [0, 0.1) is 0 Å². The van der Waals surface area contributed by atoms with E-state index in [-0.39, 0.29) is 23.2 Å². The van der Waals surface area contributed by atoms with E-state index in [1.807, 2.05) is 20.8 Å². The first-order chi connectivity index (χ1) is 13.9. The van der Waals surface area contributed by atoms with Gasteiger partial charge in [-0.1, -0.05) is 43.4 Å². The molecule has 0 spiro atoms. The van der Waals surface area contributed by atoms with E-state index in [4.69, 9.17) is 5.73 Å². The highest BCUT2D eigenvalue weighted by atomic mass is 32.2. The minimum Gasteiger partial charge on any atom is -0.383 e. The average Bonchev–Trinajstić information content (AvgIpc) is 3.13. The first kappa shape index (κ1) is 22.9. The molecular formula is C17H27N7O3S2. The van der Waals surface area contributed by atoms with Crippen LogP contribution < -0.4 is 27.2 Å². The van der Waals surface area contributed by atoms with E-state index in [1.54, 1.807) is 0 Å². The zero-order valence-corrected chi connectivity index (χ0v) is 18.5. The number of aromatic amines is 1. The summed E-state index contributed by atoms with van der Waals surface area (Å²) in [4.78, 5) is 41.2. The van der Waals surface area contributed by atoms with Gasteiger partial charge in [0, 0.05) is 19.6 Å². The summed E-state index contributed by atoms with van der Waals surface area (Å²) in [7, 11) is 0. The van der Waals surface area contributed by atoms with Crippen LogP contribution in [0.4, 0.5) is 16.6 Å². The van der Waals surface area contributed by atoms with E-state index in [0.29, 0.717) is 35.4 Å². The largest absolute Gasteiger partial charge is 0.383 e. The van der Waals surface area contributed by atoms with E-state index < -0.39 is 11.2 Å². The van der Waals surface area contributed by atoms with Gasteiger partial charge < -0.3 is 16.0 Å². The number of nitrogen functional groups attached to an aromatic ring is 1. The summed E-state index contributed by atoms with van der Waals surface area (Å²) < 4.78 is 1.95. The number of nitrogens with one attached hydrogen (secondary N) is 2. The quantitative estimate of drug-likeness (QED) is 0.448. The van der Waals surface area contributed by atoms with Gasteiger partial charge in [-0.25, -0.2) is 4.79 Å². The normalized spacial score (nSPS) is 10.9. The minimum atomic E-state index is -0.653. The van der Waals surface area contributed by atoms with E-state index in [2.05, 4.69) is 20.5 Å². The summed E-state index contributed by atoms with van der Waals surface area (Å²) in [5.74, 6) is -0.182. The lowest BCUT2D eigenvalue weighted by molar-refractivity contribution is -0.116. The van der Waals surface area contributed by atoms with Gasteiger partial charge in [0.15, 0.2) is 10.0 Å². The molecule has 12 heteroatoms. The topological polar surface area (TPSA) is 139 Å². The molecule has 0 bridgehead atoms. The Hall–Kier alpha value is -2.34. The average molecular weight is 442 g/mol. The molecule has 0 saturated carbocycles. The molecule has 0 aliphatic carbocycles. The molecule has 2 rings (SSSR count). The molecule has 4 N–H and O–H groups in total. The number of hydrogen-bond donors (Lipinski definition) is 3. The predicted octanol–water partition coefficient (Wildman–Crippen LogP) is 1.74. The molecule has 0 unspecified atom stereocenters. The van der Waals surface area contributed by atoms with Gasteiger partial charge in [0.1, 0.15) is 5.82 Å². The Morgan fingerprint density at radius 2 is 2.03 bits per heavy atom. The van der Waals surface area contributed by atoms with Gasteiger partial charge in [0.2, 0.25) is 11.0 Å². The maximum Gasteiger partial charge on any atom is 0.330 e. The number of unbranched alkanes of at least 4 members (excludes halogenated alkanes) is 1. The van der Waals surface area contributed by atoms with Crippen LogP contribution in [0.2, 0.25) is 0 Å². The van der Waals surface area contributed by atoms with Gasteiger partial charge in [0.25, 0.3) is 5.56 Å². The molecule has 2 aromatic rings. The lowest BCUT2D eigenvalue weighted by atomic mass is 10.2. The van der Waals surface area contributed by atoms with Crippen molar-refractivity contribution < 1.29 is 4.79 Å². The maximum absolute atomic E-state index is 13.0. The highest BCUT2D eigenvalue weighted by Crippen LogP contribution is 2.26. The van der Waals surface area contributed by atoms with Gasteiger partial charge in [-0.05, 0) is 19.8 Å². The van der Waals surface area contributed by atoms with Crippen LogP contribution in [0.15, 0.2) is 13.9 Å². The molecule has 10 nitrogen and oxygen atoms in total. The van der Waals surface area contributed by atoms with Crippen molar-refractivity contribution in [1.29, 1.82) is 0 Å². The lowest BCUT2D eigenvalue weighted by Gasteiger charge is -2.24. The Kier molecular flexibility index (Phi) is 8.70. The lowest BCUT2D eigenvalue weighted by Crippen LogP contribution is -2.42. The summed E-state index contributed by atoms with van der Waals surface area (Å²) in [5.41, 5.74) is 4.95. The van der Waals surface area contributed by atoms with Gasteiger partial charge in [-0.3, -0.25) is 19.1 Å². The van der Waals surface area contributed by atoms with Crippen molar-refractivity contribution in [3.8, 4) is 0 Å². The van der Waals surface area contributed by atoms with E-state index in [1.165, 1.54) is 32.6 Å². The Morgan fingerprint density at radius 3 is 2.69 bits per heavy atom. The van der Waals surface area contributed by atoms with Crippen LogP contribution in [0.1, 0.15) is 40.0 Å². The number of carbonyl (C=O) groups excluding carboxylic acids is 1. The van der Waals surface area contributed by atoms with Crippen molar-refractivity contribution in [3.05, 3.63) is 20.8 Å². The van der Waals surface area contributed by atoms with Crippen LogP contribution in [0.3, 0.4) is 0 Å². The summed E-state index contributed by atoms with van der Waals surface area (Å²) in [6.45, 7) is 7.29. The molecule has 160 valence electrons. The zero-order chi connectivity index (χ0) is 21.4. The molecule has 2 heterocycles. The molecule has 2 aromatic heterocycles. The fraction of sp³-hybridized carbons (Fsp3) is 0.588. The summed E-state index contributed by atoms with van der Waals surface area (Å²) in [6.07, 6.45) is 2.21. The molecule has 0 aliphatic heterocycles. The first-order valence-electron chi connectivity index (χ1n) is 9.55. The summed E-state index contributed by atoms with van der Waals surface area (Å²) >= 11 is 2.62. The molecule has 0 radical (unpaired) electrons. The van der Waals surface area contributed by atoms with Crippen LogP contribution in [0.25, 0.3) is 0 Å². The Labute approximate surface area is 176 Å². The monoisotopic (exact) mass is 441 g/mol. The van der Waals surface area contributed by atoms with Crippen molar-refractivity contribution in [3.63, 3.8) is 0 Å². The molecule has 1 amide bonds. The van der Waals surface area contributed by atoms with Crippen LogP contribution >= 0.6 is 23.1 Å². The van der Waals surface area contributed by atoms with E-state index in [9.17, 15) is 14.4 Å². The van der Waals surface area contributed by atoms with Crippen LogP contribution in [-0.2, 0) is 11.3 Å². The molecule has 0 atom stereocenters. The van der Waals surface area contributed by atoms with Gasteiger partial charge in [-0.15, -0.1) is 10.2 Å². The number of nitrogens with two attached hydrogens (primary N) is 1. The number of rotatable bonds is 11. The maximum atomic E-state index is 13.0. The fourth-order valence-corrected chi connectivity index (χ4v) is 4.35. The van der Waals surface area contributed by atoms with Crippen molar-refractivity contribution in [2.45, 2.75) is 50.9 Å². The summed E-state index contributed by atoms with van der Waals surface area (Å²) in [5, 5.41) is 11.8. The van der Waals surface area contributed by atoms with Crippen molar-refractivity contribution in [2.24, 2.45) is 0 Å². The second kappa shape index (κ2) is 11.0. The third kappa shape index (κ3) is 5.82. The Balaban J connectivity index is 2.28. The zero-order valence-electron chi connectivity index (χ0n) is 16.9. The van der Waals surface area contributed by atoms with Crippen LogP contribution in [-0.4, -0.2) is 44.5 Å². The Morgan fingerprint density at radius 1 is 1.28 bits per heavy atom. The number of H-pyrrole nitrogens is 1. The number of nitrogens with zero attached hydrogens (tertiary/aromatic N) is 4. The second-order valence-corrected chi connectivity index (χ2v) is 8.44. The molecule has 0 aliphatic rings. The van der Waals surface area contributed by atoms with Gasteiger partial charge >= 0.3 is 5.69 Å². The number of thioether (sulfide) groups is 1. The first-order valence-corrected chi connectivity index (χ1v) is 11.4. The molecule has 0 aromatic carbocycles. The number of amides is 1. The SMILES string of the molecule is CCCCN(C(=O)CSc1nnc(NCC)s1)c1c(N)n(CCC)c(=O)[nH]c1=O. The smallest absolute Gasteiger partial charge is 0.330 e. The number of aromatic nitrogens is 4.